The molecule has 10 heteroatoms. The maximum Gasteiger partial charge on any atom is 0.422 e. The van der Waals surface area contributed by atoms with Crippen molar-refractivity contribution < 1.29 is 26.3 Å². The molecule has 2 heterocycles. The number of alkyl halides is 3. The molecule has 118 valence electrons. The Hall–Kier alpha value is -1.39. The van der Waals surface area contributed by atoms with Gasteiger partial charge in [0.1, 0.15) is 4.90 Å². The number of ether oxygens (including phenoxy) is 1. The Balaban J connectivity index is 2.08. The minimum Gasteiger partial charge on any atom is -0.468 e. The van der Waals surface area contributed by atoms with E-state index in [0.717, 1.165) is 18.3 Å². The zero-order chi connectivity index (χ0) is 15.7. The molecule has 0 aromatic carbocycles. The van der Waals surface area contributed by atoms with Crippen LogP contribution in [0.1, 0.15) is 6.42 Å². The minimum absolute atomic E-state index is 0.101. The van der Waals surface area contributed by atoms with Crippen LogP contribution in [0.15, 0.2) is 23.2 Å². The van der Waals surface area contributed by atoms with Crippen LogP contribution in [0.2, 0.25) is 0 Å². The van der Waals surface area contributed by atoms with Gasteiger partial charge in [0.15, 0.2) is 6.61 Å². The van der Waals surface area contributed by atoms with Gasteiger partial charge in [-0.05, 0) is 12.5 Å². The van der Waals surface area contributed by atoms with E-state index in [4.69, 9.17) is 5.73 Å². The van der Waals surface area contributed by atoms with Crippen LogP contribution >= 0.6 is 0 Å². The summed E-state index contributed by atoms with van der Waals surface area (Å²) in [5.74, 6) is -0.288. The zero-order valence-electron chi connectivity index (χ0n) is 10.9. The van der Waals surface area contributed by atoms with Crippen molar-refractivity contribution in [3.8, 4) is 5.88 Å². The second kappa shape index (κ2) is 5.78. The van der Waals surface area contributed by atoms with Crippen LogP contribution in [0.4, 0.5) is 13.2 Å². The van der Waals surface area contributed by atoms with Gasteiger partial charge in [0.05, 0.1) is 6.20 Å². The Bertz CT molecular complexity index is 589. The van der Waals surface area contributed by atoms with Crippen LogP contribution in [0.3, 0.4) is 0 Å². The lowest BCUT2D eigenvalue weighted by molar-refractivity contribution is -0.154. The van der Waals surface area contributed by atoms with Gasteiger partial charge in [-0.15, -0.1) is 0 Å². The van der Waals surface area contributed by atoms with Crippen LogP contribution in [0, 0.1) is 0 Å². The molecule has 1 saturated heterocycles. The van der Waals surface area contributed by atoms with Crippen molar-refractivity contribution >= 4 is 10.0 Å². The van der Waals surface area contributed by atoms with Crippen molar-refractivity contribution in [2.75, 3.05) is 19.7 Å². The first-order chi connectivity index (χ1) is 9.68. The molecule has 2 rings (SSSR count). The van der Waals surface area contributed by atoms with E-state index >= 15 is 0 Å². The minimum atomic E-state index is -4.47. The predicted octanol–water partition coefficient (Wildman–Crippen LogP) is 0.744. The fourth-order valence-corrected chi connectivity index (χ4v) is 3.34. The van der Waals surface area contributed by atoms with Gasteiger partial charge in [-0.2, -0.15) is 17.5 Å². The molecule has 0 bridgehead atoms. The topological polar surface area (TPSA) is 85.5 Å². The van der Waals surface area contributed by atoms with Gasteiger partial charge >= 0.3 is 6.18 Å². The average Bonchev–Trinajstić information content (AvgIpc) is 2.83. The lowest BCUT2D eigenvalue weighted by Crippen LogP contribution is -2.32. The van der Waals surface area contributed by atoms with E-state index in [1.807, 2.05) is 0 Å². The monoisotopic (exact) mass is 325 g/mol. The number of nitrogens with zero attached hydrogens (tertiary/aromatic N) is 2. The fourth-order valence-electron chi connectivity index (χ4n) is 1.88. The molecule has 1 aliphatic heterocycles. The van der Waals surface area contributed by atoms with Crippen LogP contribution in [-0.4, -0.2) is 49.6 Å². The zero-order valence-corrected chi connectivity index (χ0v) is 11.7. The number of hydrogen-bond donors (Lipinski definition) is 1. The van der Waals surface area contributed by atoms with Crippen LogP contribution in [0.25, 0.3) is 0 Å². The molecule has 1 fully saturated rings. The fraction of sp³-hybridized carbons (Fsp3) is 0.545. The highest BCUT2D eigenvalue weighted by atomic mass is 32.2. The Kier molecular flexibility index (Phi) is 4.40. The van der Waals surface area contributed by atoms with Gasteiger partial charge in [-0.3, -0.25) is 0 Å². The molecule has 0 radical (unpaired) electrons. The van der Waals surface area contributed by atoms with Crippen molar-refractivity contribution in [1.29, 1.82) is 0 Å². The van der Waals surface area contributed by atoms with E-state index in [-0.39, 0.29) is 23.4 Å². The number of pyridine rings is 1. The van der Waals surface area contributed by atoms with Gasteiger partial charge in [0.2, 0.25) is 15.9 Å². The molecular weight excluding hydrogens is 311 g/mol. The SMILES string of the molecule is NC1CCN(S(=O)(=O)c2ccc(OCC(F)(F)F)nc2)C1. The summed E-state index contributed by atoms with van der Waals surface area (Å²) in [6.45, 7) is -0.947. The van der Waals surface area contributed by atoms with E-state index in [2.05, 4.69) is 9.72 Å². The summed E-state index contributed by atoms with van der Waals surface area (Å²) in [7, 11) is -3.72. The highest BCUT2D eigenvalue weighted by Crippen LogP contribution is 2.22. The van der Waals surface area contributed by atoms with Gasteiger partial charge in [-0.25, -0.2) is 13.4 Å². The Morgan fingerprint density at radius 2 is 2.14 bits per heavy atom. The molecule has 1 atom stereocenters. The second-order valence-electron chi connectivity index (χ2n) is 4.65. The van der Waals surface area contributed by atoms with Crippen LogP contribution in [0.5, 0.6) is 5.88 Å². The molecule has 1 unspecified atom stereocenters. The first-order valence-corrected chi connectivity index (χ1v) is 7.54. The number of hydrogen-bond acceptors (Lipinski definition) is 5. The summed E-state index contributed by atoms with van der Waals surface area (Å²) in [6.07, 6.45) is -2.93. The lowest BCUT2D eigenvalue weighted by Gasteiger charge is -2.16. The smallest absolute Gasteiger partial charge is 0.422 e. The molecule has 0 saturated carbocycles. The van der Waals surface area contributed by atoms with Crippen LogP contribution < -0.4 is 10.5 Å². The van der Waals surface area contributed by atoms with Gasteiger partial charge in [0, 0.05) is 25.2 Å². The van der Waals surface area contributed by atoms with E-state index < -0.39 is 22.8 Å². The summed E-state index contributed by atoms with van der Waals surface area (Å²) >= 11 is 0. The number of nitrogens with two attached hydrogens (primary N) is 1. The van der Waals surface area contributed by atoms with Crippen molar-refractivity contribution in [2.24, 2.45) is 5.73 Å². The third-order valence-corrected chi connectivity index (χ3v) is 4.77. The Morgan fingerprint density at radius 1 is 1.43 bits per heavy atom. The van der Waals surface area contributed by atoms with E-state index in [1.165, 1.54) is 4.31 Å². The number of rotatable bonds is 4. The molecule has 2 N–H and O–H groups in total. The van der Waals surface area contributed by atoms with E-state index in [0.29, 0.717) is 13.0 Å². The number of aromatic nitrogens is 1. The van der Waals surface area contributed by atoms with E-state index in [9.17, 15) is 21.6 Å². The first-order valence-electron chi connectivity index (χ1n) is 6.10. The largest absolute Gasteiger partial charge is 0.468 e. The second-order valence-corrected chi connectivity index (χ2v) is 6.59. The molecule has 1 aromatic heterocycles. The Morgan fingerprint density at radius 3 is 2.62 bits per heavy atom. The third-order valence-electron chi connectivity index (χ3n) is 2.92. The van der Waals surface area contributed by atoms with Gasteiger partial charge in [-0.1, -0.05) is 0 Å². The number of halogens is 3. The molecule has 0 aliphatic carbocycles. The molecule has 0 spiro atoms. The summed E-state index contributed by atoms with van der Waals surface area (Å²) < 4.78 is 66.0. The van der Waals surface area contributed by atoms with Crippen molar-refractivity contribution in [3.05, 3.63) is 18.3 Å². The Labute approximate surface area is 119 Å². The van der Waals surface area contributed by atoms with Crippen molar-refractivity contribution in [3.63, 3.8) is 0 Å². The molecular formula is C11H14F3N3O3S. The summed E-state index contributed by atoms with van der Waals surface area (Å²) in [5, 5.41) is 0. The van der Waals surface area contributed by atoms with Gasteiger partial charge < -0.3 is 10.5 Å². The highest BCUT2D eigenvalue weighted by molar-refractivity contribution is 7.89. The van der Waals surface area contributed by atoms with E-state index in [1.54, 1.807) is 0 Å². The normalized spacial score (nSPS) is 20.7. The first kappa shape index (κ1) is 16.0. The van der Waals surface area contributed by atoms with Crippen molar-refractivity contribution in [1.82, 2.24) is 9.29 Å². The standard InChI is InChI=1S/C11H14F3N3O3S/c12-11(13,14)7-20-10-2-1-9(5-16-10)21(18,19)17-4-3-8(15)6-17/h1-2,5,8H,3-4,6-7,15H2. The maximum absolute atomic E-state index is 12.2. The van der Waals surface area contributed by atoms with Crippen molar-refractivity contribution in [2.45, 2.75) is 23.5 Å². The van der Waals surface area contributed by atoms with Gasteiger partial charge in [0.25, 0.3) is 0 Å². The third kappa shape index (κ3) is 4.05. The molecule has 6 nitrogen and oxygen atoms in total. The summed E-state index contributed by atoms with van der Waals surface area (Å²) in [6, 6.07) is 2.05. The van der Waals surface area contributed by atoms with Crippen LogP contribution in [-0.2, 0) is 10.0 Å². The maximum atomic E-state index is 12.2. The quantitative estimate of drug-likeness (QED) is 0.883. The molecule has 21 heavy (non-hydrogen) atoms. The lowest BCUT2D eigenvalue weighted by atomic mass is 10.3. The highest BCUT2D eigenvalue weighted by Gasteiger charge is 2.31. The molecule has 1 aliphatic rings. The molecule has 0 amide bonds. The predicted molar refractivity (Wildman–Crippen MR) is 67.1 cm³/mol. The molecule has 1 aromatic rings. The summed E-state index contributed by atoms with van der Waals surface area (Å²) in [4.78, 5) is 3.48. The summed E-state index contributed by atoms with van der Waals surface area (Å²) in [5.41, 5.74) is 5.66. The number of sulfonamides is 1. The average molecular weight is 325 g/mol.